The van der Waals surface area contributed by atoms with E-state index in [0.29, 0.717) is 38.7 Å². The number of halogens is 2. The molecule has 5 atom stereocenters. The summed E-state index contributed by atoms with van der Waals surface area (Å²) in [7, 11) is 0. The van der Waals surface area contributed by atoms with Gasteiger partial charge in [0, 0.05) is 12.8 Å². The van der Waals surface area contributed by atoms with Crippen LogP contribution >= 0.6 is 0 Å². The van der Waals surface area contributed by atoms with Crippen LogP contribution in [0, 0.1) is 17.8 Å². The lowest BCUT2D eigenvalue weighted by Gasteiger charge is -2.28. The van der Waals surface area contributed by atoms with E-state index in [4.69, 9.17) is 4.74 Å². The molecule has 0 unspecified atom stereocenters. The van der Waals surface area contributed by atoms with Gasteiger partial charge in [-0.3, -0.25) is 4.79 Å². The average Bonchev–Trinajstić information content (AvgIpc) is 3.09. The first-order chi connectivity index (χ1) is 16.2. The molecule has 1 aliphatic carbocycles. The molecule has 0 aromatic heterocycles. The van der Waals surface area contributed by atoms with E-state index in [9.17, 15) is 23.8 Å². The molecular formula is C28H44F2O4. The second-order valence-corrected chi connectivity index (χ2v) is 10.2. The number of alkyl halides is 2. The van der Waals surface area contributed by atoms with E-state index >= 15 is 0 Å². The Hall–Kier alpha value is -1.53. The molecule has 0 spiro atoms. The van der Waals surface area contributed by atoms with Crippen LogP contribution in [0.1, 0.15) is 96.5 Å². The number of ether oxygens (including phenoxy) is 1. The first-order valence-corrected chi connectivity index (χ1v) is 13.2. The highest BCUT2D eigenvalue weighted by atomic mass is 19.3. The highest BCUT2D eigenvalue weighted by Gasteiger charge is 2.42. The second kappa shape index (κ2) is 14.8. The molecular weight excluding hydrogens is 438 g/mol. The number of unbranched alkanes of at least 4 members (excludes halogenated alkanes) is 4. The summed E-state index contributed by atoms with van der Waals surface area (Å²) >= 11 is 0. The maximum Gasteiger partial charge on any atom is 0.306 e. The molecule has 6 heteroatoms. The van der Waals surface area contributed by atoms with Gasteiger partial charge in [0.2, 0.25) is 0 Å². The van der Waals surface area contributed by atoms with Crippen molar-refractivity contribution in [3.63, 3.8) is 0 Å². The van der Waals surface area contributed by atoms with Crippen LogP contribution in [0.4, 0.5) is 8.78 Å². The van der Waals surface area contributed by atoms with Crippen LogP contribution in [0.3, 0.4) is 0 Å². The number of hydrogen-bond donors (Lipinski definition) is 2. The lowest BCUT2D eigenvalue weighted by Crippen LogP contribution is -2.34. The first-order valence-electron chi connectivity index (χ1n) is 13.2. The summed E-state index contributed by atoms with van der Waals surface area (Å²) < 4.78 is 33.6. The molecule has 1 saturated carbocycles. The number of benzene rings is 1. The van der Waals surface area contributed by atoms with Gasteiger partial charge in [-0.25, -0.2) is 8.78 Å². The second-order valence-electron chi connectivity index (χ2n) is 10.2. The van der Waals surface area contributed by atoms with Gasteiger partial charge in [0.25, 0.3) is 5.92 Å². The van der Waals surface area contributed by atoms with Gasteiger partial charge in [-0.1, -0.05) is 69.9 Å². The van der Waals surface area contributed by atoms with Gasteiger partial charge in [-0.15, -0.1) is 0 Å². The minimum Gasteiger partial charge on any atom is -0.461 e. The van der Waals surface area contributed by atoms with Crippen LogP contribution < -0.4 is 0 Å². The van der Waals surface area contributed by atoms with E-state index in [1.165, 1.54) is 0 Å². The standard InChI is InChI=1S/C28H44F2O4/c1-3-4-18-28(29,30)26(32)17-16-23-21(2)19-25(31)24(23)14-10-5-6-11-15-27(33)34-20-22-12-8-7-9-13-22/h7-9,12-13,21,23-26,31-32H,3-6,10-11,14-20H2,1-2H3/t21-,23+,24-,25+,26-/m1/s1. The molecule has 4 nitrogen and oxygen atoms in total. The SMILES string of the molecule is CCCCC(F)(F)[C@H](O)CC[C@@H]1[C@@H](CCCCCCC(=O)OCc2ccccc2)[C@@H](O)C[C@H]1C. The number of rotatable bonds is 16. The van der Waals surface area contributed by atoms with Crippen LogP contribution in [-0.2, 0) is 16.1 Å². The van der Waals surface area contributed by atoms with Crippen molar-refractivity contribution in [2.24, 2.45) is 17.8 Å². The van der Waals surface area contributed by atoms with E-state index in [2.05, 4.69) is 6.92 Å². The van der Waals surface area contributed by atoms with Crippen molar-refractivity contribution in [3.05, 3.63) is 35.9 Å². The third-order valence-corrected chi connectivity index (χ3v) is 7.42. The van der Waals surface area contributed by atoms with Gasteiger partial charge in [-0.2, -0.15) is 0 Å². The molecule has 0 heterocycles. The summed E-state index contributed by atoms with van der Waals surface area (Å²) in [6.07, 6.45) is 5.01. The number of carbonyl (C=O) groups is 1. The maximum absolute atomic E-state index is 14.1. The molecule has 34 heavy (non-hydrogen) atoms. The number of aliphatic hydroxyl groups is 2. The van der Waals surface area contributed by atoms with E-state index in [1.54, 1.807) is 0 Å². The van der Waals surface area contributed by atoms with Crippen molar-refractivity contribution in [2.45, 2.75) is 116 Å². The Morgan fingerprint density at radius 2 is 1.79 bits per heavy atom. The molecule has 2 N–H and O–H groups in total. The number of aliphatic hydroxyl groups excluding tert-OH is 2. The van der Waals surface area contributed by atoms with Gasteiger partial charge < -0.3 is 14.9 Å². The van der Waals surface area contributed by atoms with Gasteiger partial charge >= 0.3 is 5.97 Å². The Kier molecular flexibility index (Phi) is 12.5. The Bertz CT molecular complexity index is 697. The molecule has 1 fully saturated rings. The smallest absolute Gasteiger partial charge is 0.306 e. The Balaban J connectivity index is 1.64. The maximum atomic E-state index is 14.1. The topological polar surface area (TPSA) is 66.8 Å². The summed E-state index contributed by atoms with van der Waals surface area (Å²) in [5, 5.41) is 20.6. The molecule has 194 valence electrons. The van der Waals surface area contributed by atoms with Gasteiger partial charge in [-0.05, 0) is 61.8 Å². The summed E-state index contributed by atoms with van der Waals surface area (Å²) in [6, 6.07) is 9.62. The predicted molar refractivity (Wildman–Crippen MR) is 130 cm³/mol. The van der Waals surface area contributed by atoms with Gasteiger partial charge in [0.05, 0.1) is 6.10 Å². The molecule has 0 aliphatic heterocycles. The van der Waals surface area contributed by atoms with Crippen molar-refractivity contribution in [3.8, 4) is 0 Å². The van der Waals surface area contributed by atoms with Crippen LogP contribution in [0.5, 0.6) is 0 Å². The quantitative estimate of drug-likeness (QED) is 0.204. The predicted octanol–water partition coefficient (Wildman–Crippen LogP) is 6.67. The van der Waals surface area contributed by atoms with Crippen molar-refractivity contribution in [1.29, 1.82) is 0 Å². The minimum atomic E-state index is -3.03. The lowest BCUT2D eigenvalue weighted by atomic mass is 9.81. The number of hydrogen-bond acceptors (Lipinski definition) is 4. The van der Waals surface area contributed by atoms with E-state index < -0.39 is 18.1 Å². The third kappa shape index (κ3) is 9.61. The molecule has 0 saturated heterocycles. The van der Waals surface area contributed by atoms with E-state index in [0.717, 1.165) is 37.7 Å². The van der Waals surface area contributed by atoms with Crippen molar-refractivity contribution in [2.75, 3.05) is 0 Å². The average molecular weight is 483 g/mol. The Morgan fingerprint density at radius 1 is 1.09 bits per heavy atom. The molecule has 2 rings (SSSR count). The van der Waals surface area contributed by atoms with Crippen LogP contribution in [-0.4, -0.2) is 34.3 Å². The molecule has 1 aromatic rings. The zero-order chi connectivity index (χ0) is 25.0. The summed E-state index contributed by atoms with van der Waals surface area (Å²) in [5.41, 5.74) is 0.979. The minimum absolute atomic E-state index is 0.0834. The molecule has 1 aliphatic rings. The Labute approximate surface area is 204 Å². The fourth-order valence-corrected chi connectivity index (χ4v) is 5.30. The lowest BCUT2D eigenvalue weighted by molar-refractivity contribution is -0.145. The van der Waals surface area contributed by atoms with E-state index in [-0.39, 0.29) is 36.6 Å². The van der Waals surface area contributed by atoms with E-state index in [1.807, 2.05) is 37.3 Å². The molecule has 0 radical (unpaired) electrons. The number of carbonyl (C=O) groups excluding carboxylic acids is 1. The third-order valence-electron chi connectivity index (χ3n) is 7.42. The zero-order valence-corrected chi connectivity index (χ0v) is 20.9. The van der Waals surface area contributed by atoms with Gasteiger partial charge in [0.1, 0.15) is 12.7 Å². The van der Waals surface area contributed by atoms with Crippen LogP contribution in [0.15, 0.2) is 30.3 Å². The fraction of sp³-hybridized carbons (Fsp3) is 0.750. The van der Waals surface area contributed by atoms with Crippen LogP contribution in [0.25, 0.3) is 0 Å². The summed E-state index contributed by atoms with van der Waals surface area (Å²) in [5.74, 6) is -2.68. The normalized spacial score (nSPS) is 23.7. The van der Waals surface area contributed by atoms with Crippen molar-refractivity contribution in [1.82, 2.24) is 0 Å². The number of esters is 1. The van der Waals surface area contributed by atoms with Gasteiger partial charge in [0.15, 0.2) is 0 Å². The fourth-order valence-electron chi connectivity index (χ4n) is 5.30. The van der Waals surface area contributed by atoms with Crippen LogP contribution in [0.2, 0.25) is 0 Å². The molecule has 1 aromatic carbocycles. The summed E-state index contributed by atoms with van der Waals surface area (Å²) in [4.78, 5) is 11.9. The molecule has 0 amide bonds. The first kappa shape index (κ1) is 28.7. The summed E-state index contributed by atoms with van der Waals surface area (Å²) in [6.45, 7) is 4.25. The largest absolute Gasteiger partial charge is 0.461 e. The highest BCUT2D eigenvalue weighted by Crippen LogP contribution is 2.43. The monoisotopic (exact) mass is 482 g/mol. The Morgan fingerprint density at radius 3 is 2.50 bits per heavy atom. The zero-order valence-electron chi connectivity index (χ0n) is 20.9. The van der Waals surface area contributed by atoms with Crippen molar-refractivity contribution >= 4 is 5.97 Å². The highest BCUT2D eigenvalue weighted by molar-refractivity contribution is 5.69. The van der Waals surface area contributed by atoms with Crippen molar-refractivity contribution < 1.29 is 28.5 Å². The molecule has 0 bridgehead atoms.